The fraction of sp³-hybridized carbons (Fsp3) is 0.368. The number of carbonyl (C=O) groups excluding carboxylic acids is 1. The van der Waals surface area contributed by atoms with Gasteiger partial charge in [0.1, 0.15) is 17.6 Å². The van der Waals surface area contributed by atoms with Gasteiger partial charge in [0.2, 0.25) is 0 Å². The highest BCUT2D eigenvalue weighted by Gasteiger charge is 2.30. The number of ether oxygens (including phenoxy) is 2. The first-order chi connectivity index (χ1) is 12.7. The Morgan fingerprint density at radius 3 is 2.88 bits per heavy atom. The third-order valence-corrected chi connectivity index (χ3v) is 4.63. The molecular formula is C19H20N2O4S. The van der Waals surface area contributed by atoms with Crippen molar-refractivity contribution in [3.63, 3.8) is 0 Å². The van der Waals surface area contributed by atoms with Crippen molar-refractivity contribution in [1.29, 1.82) is 5.26 Å². The Labute approximate surface area is 156 Å². The number of hydrogen-bond acceptors (Lipinski definition) is 6. The standard InChI is InChI=1S/C19H20N2O4S/c1-26-12-15-6-7-18(25-15)19(22)21-16-11-23-9-8-17(16)24-14-4-2-13(10-20)3-5-14/h2-7,16-17H,8-9,11-12H2,1H3,(H,21,22)/t16-,17-/m1/s1. The molecule has 1 N–H and O–H groups in total. The van der Waals surface area contributed by atoms with Gasteiger partial charge in [-0.1, -0.05) is 0 Å². The SMILES string of the molecule is CSCc1ccc(C(=O)N[C@@H]2COCC[C@H]2Oc2ccc(C#N)cc2)o1. The monoisotopic (exact) mass is 372 g/mol. The second kappa shape index (κ2) is 8.79. The minimum absolute atomic E-state index is 0.207. The Balaban J connectivity index is 1.64. The molecular weight excluding hydrogens is 352 g/mol. The quantitative estimate of drug-likeness (QED) is 0.839. The van der Waals surface area contributed by atoms with E-state index < -0.39 is 0 Å². The van der Waals surface area contributed by atoms with Gasteiger partial charge in [-0.15, -0.1) is 0 Å². The van der Waals surface area contributed by atoms with E-state index in [0.29, 0.717) is 30.9 Å². The molecule has 2 heterocycles. The molecule has 0 saturated carbocycles. The highest BCUT2D eigenvalue weighted by molar-refractivity contribution is 7.97. The summed E-state index contributed by atoms with van der Waals surface area (Å²) in [5, 5.41) is 11.8. The average molecular weight is 372 g/mol. The molecule has 0 bridgehead atoms. The first kappa shape index (κ1) is 18.4. The van der Waals surface area contributed by atoms with Crippen molar-refractivity contribution in [2.45, 2.75) is 24.3 Å². The largest absolute Gasteiger partial charge is 0.488 e. The van der Waals surface area contributed by atoms with E-state index in [1.54, 1.807) is 42.1 Å². The lowest BCUT2D eigenvalue weighted by Gasteiger charge is -2.32. The highest BCUT2D eigenvalue weighted by atomic mass is 32.2. The number of nitriles is 1. The summed E-state index contributed by atoms with van der Waals surface area (Å²) in [5.74, 6) is 2.17. The smallest absolute Gasteiger partial charge is 0.287 e. The van der Waals surface area contributed by atoms with Crippen LogP contribution in [0.4, 0.5) is 0 Å². The number of nitrogens with zero attached hydrogens (tertiary/aromatic N) is 1. The Morgan fingerprint density at radius 2 is 2.15 bits per heavy atom. The summed E-state index contributed by atoms with van der Waals surface area (Å²) in [6.07, 6.45) is 2.44. The molecule has 2 aromatic rings. The van der Waals surface area contributed by atoms with Crippen LogP contribution < -0.4 is 10.1 Å². The molecule has 0 radical (unpaired) electrons. The van der Waals surface area contributed by atoms with Gasteiger partial charge in [0.05, 0.1) is 36.6 Å². The lowest BCUT2D eigenvalue weighted by molar-refractivity contribution is -0.00321. The fourth-order valence-electron chi connectivity index (χ4n) is 2.74. The average Bonchev–Trinajstić information content (AvgIpc) is 3.13. The zero-order chi connectivity index (χ0) is 18.4. The summed E-state index contributed by atoms with van der Waals surface area (Å²) >= 11 is 1.63. The number of thioether (sulfide) groups is 1. The summed E-state index contributed by atoms with van der Waals surface area (Å²) in [5.41, 5.74) is 0.577. The minimum atomic E-state index is -0.277. The number of carbonyl (C=O) groups is 1. The molecule has 3 rings (SSSR count). The van der Waals surface area contributed by atoms with Crippen molar-refractivity contribution in [3.8, 4) is 11.8 Å². The molecule has 7 heteroatoms. The van der Waals surface area contributed by atoms with E-state index in [1.807, 2.05) is 12.3 Å². The molecule has 1 fully saturated rings. The molecule has 26 heavy (non-hydrogen) atoms. The van der Waals surface area contributed by atoms with Crippen LogP contribution in [0.3, 0.4) is 0 Å². The normalized spacial score (nSPS) is 19.5. The van der Waals surface area contributed by atoms with E-state index in [-0.39, 0.29) is 23.8 Å². The van der Waals surface area contributed by atoms with E-state index in [9.17, 15) is 4.79 Å². The Hall–Kier alpha value is -2.43. The van der Waals surface area contributed by atoms with Crippen LogP contribution in [0, 0.1) is 11.3 Å². The minimum Gasteiger partial charge on any atom is -0.488 e. The summed E-state index contributed by atoms with van der Waals surface area (Å²) in [6, 6.07) is 12.2. The summed E-state index contributed by atoms with van der Waals surface area (Å²) in [7, 11) is 0. The number of amides is 1. The van der Waals surface area contributed by atoms with E-state index in [0.717, 1.165) is 11.5 Å². The summed E-state index contributed by atoms with van der Waals surface area (Å²) in [4.78, 5) is 12.5. The molecule has 1 aromatic carbocycles. The first-order valence-electron chi connectivity index (χ1n) is 8.32. The number of hydrogen-bond donors (Lipinski definition) is 1. The molecule has 1 aliphatic rings. The van der Waals surface area contributed by atoms with Crippen LogP contribution in [-0.4, -0.2) is 37.5 Å². The molecule has 0 unspecified atom stereocenters. The molecule has 1 saturated heterocycles. The maximum absolute atomic E-state index is 12.5. The van der Waals surface area contributed by atoms with Crippen molar-refractivity contribution in [2.75, 3.05) is 19.5 Å². The van der Waals surface area contributed by atoms with Gasteiger partial charge in [-0.05, 0) is 42.7 Å². The van der Waals surface area contributed by atoms with Gasteiger partial charge in [-0.2, -0.15) is 17.0 Å². The molecule has 0 aliphatic carbocycles. The van der Waals surface area contributed by atoms with Crippen LogP contribution in [-0.2, 0) is 10.5 Å². The van der Waals surface area contributed by atoms with Crippen LogP contribution in [0.5, 0.6) is 5.75 Å². The Morgan fingerprint density at radius 1 is 1.35 bits per heavy atom. The zero-order valence-electron chi connectivity index (χ0n) is 14.4. The number of benzene rings is 1. The van der Waals surface area contributed by atoms with Gasteiger partial charge in [0.15, 0.2) is 5.76 Å². The lowest BCUT2D eigenvalue weighted by atomic mass is 10.1. The Kier molecular flexibility index (Phi) is 6.21. The molecule has 0 spiro atoms. The predicted octanol–water partition coefficient (Wildman–Crippen LogP) is 2.98. The van der Waals surface area contributed by atoms with Crippen molar-refractivity contribution >= 4 is 17.7 Å². The van der Waals surface area contributed by atoms with E-state index >= 15 is 0 Å². The van der Waals surface area contributed by atoms with E-state index in [1.165, 1.54) is 0 Å². The highest BCUT2D eigenvalue weighted by Crippen LogP contribution is 2.20. The Bertz CT molecular complexity index is 782. The van der Waals surface area contributed by atoms with Crippen LogP contribution >= 0.6 is 11.8 Å². The van der Waals surface area contributed by atoms with E-state index in [2.05, 4.69) is 11.4 Å². The maximum atomic E-state index is 12.5. The van der Waals surface area contributed by atoms with Crippen molar-refractivity contribution in [3.05, 3.63) is 53.5 Å². The molecule has 6 nitrogen and oxygen atoms in total. The third kappa shape index (κ3) is 4.59. The fourth-order valence-corrected chi connectivity index (χ4v) is 3.18. The topological polar surface area (TPSA) is 84.5 Å². The lowest BCUT2D eigenvalue weighted by Crippen LogP contribution is -2.51. The van der Waals surface area contributed by atoms with Gasteiger partial charge in [0, 0.05) is 6.42 Å². The molecule has 2 atom stereocenters. The van der Waals surface area contributed by atoms with Crippen molar-refractivity contribution < 1.29 is 18.7 Å². The van der Waals surface area contributed by atoms with Crippen LogP contribution in [0.15, 0.2) is 40.8 Å². The van der Waals surface area contributed by atoms with Gasteiger partial charge < -0.3 is 19.2 Å². The predicted molar refractivity (Wildman–Crippen MR) is 98.2 cm³/mol. The van der Waals surface area contributed by atoms with Gasteiger partial charge >= 0.3 is 0 Å². The second-order valence-corrected chi connectivity index (χ2v) is 6.80. The first-order valence-corrected chi connectivity index (χ1v) is 9.72. The number of furan rings is 1. The molecule has 1 aromatic heterocycles. The zero-order valence-corrected chi connectivity index (χ0v) is 15.3. The maximum Gasteiger partial charge on any atom is 0.287 e. The van der Waals surface area contributed by atoms with Crippen molar-refractivity contribution in [2.24, 2.45) is 0 Å². The second-order valence-electron chi connectivity index (χ2n) is 5.94. The van der Waals surface area contributed by atoms with Gasteiger partial charge in [-0.3, -0.25) is 4.79 Å². The molecule has 1 aliphatic heterocycles. The molecule has 136 valence electrons. The summed E-state index contributed by atoms with van der Waals surface area (Å²) < 4.78 is 17.1. The van der Waals surface area contributed by atoms with E-state index in [4.69, 9.17) is 19.2 Å². The van der Waals surface area contributed by atoms with Gasteiger partial charge in [0.25, 0.3) is 5.91 Å². The third-order valence-electron chi connectivity index (χ3n) is 4.05. The number of nitrogens with one attached hydrogen (secondary N) is 1. The summed E-state index contributed by atoms with van der Waals surface area (Å²) in [6.45, 7) is 0.955. The van der Waals surface area contributed by atoms with Crippen LogP contribution in [0.1, 0.15) is 28.3 Å². The van der Waals surface area contributed by atoms with Crippen LogP contribution in [0.2, 0.25) is 0 Å². The van der Waals surface area contributed by atoms with Crippen molar-refractivity contribution in [1.82, 2.24) is 5.32 Å². The van der Waals surface area contributed by atoms with Crippen LogP contribution in [0.25, 0.3) is 0 Å². The van der Waals surface area contributed by atoms with Gasteiger partial charge in [-0.25, -0.2) is 0 Å². The number of rotatable bonds is 6. The molecule has 1 amide bonds.